The van der Waals surface area contributed by atoms with Crippen molar-refractivity contribution in [2.75, 3.05) is 18.5 Å². The molecule has 9 heteroatoms. The molecule has 0 aliphatic rings. The van der Waals surface area contributed by atoms with E-state index in [-0.39, 0.29) is 22.2 Å². The third kappa shape index (κ3) is 6.03. The highest BCUT2D eigenvalue weighted by atomic mass is 35.5. The molecule has 0 radical (unpaired) electrons. The molecule has 0 saturated heterocycles. The van der Waals surface area contributed by atoms with Crippen molar-refractivity contribution in [3.63, 3.8) is 0 Å². The molecule has 35 heavy (non-hydrogen) atoms. The fourth-order valence-corrected chi connectivity index (χ4v) is 4.82. The number of carbonyl (C=O) groups is 2. The standard InChI is InChI=1S/C26H20Cl3N3O2S/c1-31(14-13-17-5-3-2-4-6-17)25(34)23-16-35-26(30-23)32(20-10-7-18(27)8-11-20)24(33)21-12-9-19(28)15-22(21)29/h2-12,15-16H,13-14H2,1H3. The first-order chi connectivity index (χ1) is 16.8. The van der Waals surface area contributed by atoms with Gasteiger partial charge in [0.1, 0.15) is 5.69 Å². The third-order valence-electron chi connectivity index (χ3n) is 5.28. The van der Waals surface area contributed by atoms with Gasteiger partial charge in [-0.05, 0) is 54.4 Å². The van der Waals surface area contributed by atoms with Crippen molar-refractivity contribution in [3.05, 3.63) is 110 Å². The average Bonchev–Trinajstić information content (AvgIpc) is 3.33. The molecule has 0 fully saturated rings. The molecule has 1 aromatic heterocycles. The maximum Gasteiger partial charge on any atom is 0.273 e. The number of nitrogens with zero attached hydrogens (tertiary/aromatic N) is 3. The Hall–Kier alpha value is -2.90. The molecule has 0 N–H and O–H groups in total. The molecule has 0 saturated carbocycles. The molecule has 4 aromatic rings. The minimum atomic E-state index is -0.403. The van der Waals surface area contributed by atoms with Crippen LogP contribution in [0.4, 0.5) is 10.8 Å². The molecular weight excluding hydrogens is 525 g/mol. The van der Waals surface area contributed by atoms with Crippen molar-refractivity contribution in [3.8, 4) is 0 Å². The van der Waals surface area contributed by atoms with Gasteiger partial charge in [0.25, 0.3) is 11.8 Å². The van der Waals surface area contributed by atoms with E-state index < -0.39 is 5.91 Å². The molecular formula is C26H20Cl3N3O2S. The van der Waals surface area contributed by atoms with Crippen LogP contribution >= 0.6 is 46.1 Å². The molecule has 0 aliphatic carbocycles. The minimum absolute atomic E-state index is 0.218. The van der Waals surface area contributed by atoms with Crippen LogP contribution in [0, 0.1) is 0 Å². The molecule has 1 heterocycles. The number of anilines is 2. The van der Waals surface area contributed by atoms with Crippen LogP contribution in [0.3, 0.4) is 0 Å². The Kier molecular flexibility index (Phi) is 8.08. The van der Waals surface area contributed by atoms with Gasteiger partial charge in [0, 0.05) is 29.0 Å². The Balaban J connectivity index is 1.61. The lowest BCUT2D eigenvalue weighted by Crippen LogP contribution is -2.29. The summed E-state index contributed by atoms with van der Waals surface area (Å²) >= 11 is 19.6. The maximum absolute atomic E-state index is 13.6. The third-order valence-corrected chi connectivity index (χ3v) is 6.90. The monoisotopic (exact) mass is 543 g/mol. The summed E-state index contributed by atoms with van der Waals surface area (Å²) in [4.78, 5) is 34.1. The lowest BCUT2D eigenvalue weighted by atomic mass is 10.1. The first kappa shape index (κ1) is 25.2. The van der Waals surface area contributed by atoms with E-state index in [4.69, 9.17) is 34.8 Å². The smallest absolute Gasteiger partial charge is 0.273 e. The zero-order valence-corrected chi connectivity index (χ0v) is 21.7. The molecule has 0 aliphatic heterocycles. The van der Waals surface area contributed by atoms with Crippen molar-refractivity contribution < 1.29 is 9.59 Å². The fraction of sp³-hybridized carbons (Fsp3) is 0.115. The van der Waals surface area contributed by atoms with Crippen molar-refractivity contribution in [1.29, 1.82) is 0 Å². The summed E-state index contributed by atoms with van der Waals surface area (Å²) in [7, 11) is 1.74. The van der Waals surface area contributed by atoms with Gasteiger partial charge in [-0.1, -0.05) is 65.1 Å². The molecule has 0 atom stereocenters. The predicted molar refractivity (Wildman–Crippen MR) is 144 cm³/mol. The van der Waals surface area contributed by atoms with E-state index in [0.29, 0.717) is 27.4 Å². The summed E-state index contributed by atoms with van der Waals surface area (Å²) in [5, 5.41) is 3.15. The van der Waals surface area contributed by atoms with Crippen LogP contribution < -0.4 is 4.90 Å². The van der Waals surface area contributed by atoms with E-state index in [0.717, 1.165) is 12.0 Å². The van der Waals surface area contributed by atoms with Gasteiger partial charge in [-0.15, -0.1) is 11.3 Å². The van der Waals surface area contributed by atoms with Crippen LogP contribution in [0.25, 0.3) is 0 Å². The first-order valence-corrected chi connectivity index (χ1v) is 12.6. The Morgan fingerprint density at radius 2 is 1.57 bits per heavy atom. The quantitative estimate of drug-likeness (QED) is 0.244. The average molecular weight is 545 g/mol. The van der Waals surface area contributed by atoms with E-state index in [1.807, 2.05) is 30.3 Å². The normalized spacial score (nSPS) is 10.7. The number of hydrogen-bond acceptors (Lipinski definition) is 4. The number of halogens is 3. The molecule has 2 amide bonds. The Labute approximate surface area is 222 Å². The van der Waals surface area contributed by atoms with Crippen LogP contribution in [-0.2, 0) is 6.42 Å². The number of carbonyl (C=O) groups excluding carboxylic acids is 2. The van der Waals surface area contributed by atoms with E-state index >= 15 is 0 Å². The summed E-state index contributed by atoms with van der Waals surface area (Å²) in [5.41, 5.74) is 2.20. The zero-order valence-electron chi connectivity index (χ0n) is 18.6. The molecule has 5 nitrogen and oxygen atoms in total. The van der Waals surface area contributed by atoms with Crippen LogP contribution in [0.2, 0.25) is 15.1 Å². The van der Waals surface area contributed by atoms with Gasteiger partial charge in [-0.25, -0.2) is 4.98 Å². The van der Waals surface area contributed by atoms with Gasteiger partial charge >= 0.3 is 0 Å². The number of hydrogen-bond donors (Lipinski definition) is 0. The van der Waals surface area contributed by atoms with Crippen molar-refractivity contribution in [1.82, 2.24) is 9.88 Å². The SMILES string of the molecule is CN(CCc1ccccc1)C(=O)c1csc(N(C(=O)c2ccc(Cl)cc2Cl)c2ccc(Cl)cc2)n1. The topological polar surface area (TPSA) is 53.5 Å². The van der Waals surface area contributed by atoms with Crippen LogP contribution in [0.5, 0.6) is 0 Å². The van der Waals surface area contributed by atoms with Crippen molar-refractivity contribution >= 4 is 68.8 Å². The highest BCUT2D eigenvalue weighted by molar-refractivity contribution is 7.14. The first-order valence-electron chi connectivity index (χ1n) is 10.6. The van der Waals surface area contributed by atoms with E-state index in [9.17, 15) is 9.59 Å². The van der Waals surface area contributed by atoms with Gasteiger partial charge in [-0.3, -0.25) is 14.5 Å². The zero-order chi connectivity index (χ0) is 24.9. The van der Waals surface area contributed by atoms with E-state index in [1.165, 1.54) is 22.3 Å². The number of amides is 2. The second-order valence-electron chi connectivity index (χ2n) is 7.72. The predicted octanol–water partition coefficient (Wildman–Crippen LogP) is 7.40. The lowest BCUT2D eigenvalue weighted by Gasteiger charge is -2.21. The molecule has 178 valence electrons. The van der Waals surface area contributed by atoms with Crippen LogP contribution in [0.1, 0.15) is 26.4 Å². The van der Waals surface area contributed by atoms with Crippen molar-refractivity contribution in [2.24, 2.45) is 0 Å². The molecule has 0 spiro atoms. The number of thiazole rings is 1. The Morgan fingerprint density at radius 1 is 0.886 bits per heavy atom. The van der Waals surface area contributed by atoms with Gasteiger partial charge in [-0.2, -0.15) is 0 Å². The van der Waals surface area contributed by atoms with Gasteiger partial charge in [0.05, 0.1) is 16.3 Å². The Morgan fingerprint density at radius 3 is 2.26 bits per heavy atom. The second kappa shape index (κ2) is 11.2. The van der Waals surface area contributed by atoms with Gasteiger partial charge in [0.15, 0.2) is 5.13 Å². The molecule has 3 aromatic carbocycles. The minimum Gasteiger partial charge on any atom is -0.340 e. The molecule has 0 unspecified atom stereocenters. The van der Waals surface area contributed by atoms with Crippen molar-refractivity contribution in [2.45, 2.75) is 6.42 Å². The van der Waals surface area contributed by atoms with Crippen LogP contribution in [0.15, 0.2) is 78.2 Å². The summed E-state index contributed by atoms with van der Waals surface area (Å²) in [6, 6.07) is 21.4. The maximum atomic E-state index is 13.6. The summed E-state index contributed by atoms with van der Waals surface area (Å²) < 4.78 is 0. The van der Waals surface area contributed by atoms with E-state index in [1.54, 1.807) is 53.7 Å². The molecule has 4 rings (SSSR count). The fourth-order valence-electron chi connectivity index (χ4n) is 3.39. The largest absolute Gasteiger partial charge is 0.340 e. The van der Waals surface area contributed by atoms with Gasteiger partial charge < -0.3 is 4.90 Å². The molecule has 0 bridgehead atoms. The summed E-state index contributed by atoms with van der Waals surface area (Å²) in [6.45, 7) is 0.538. The number of likely N-dealkylation sites (N-methyl/N-ethyl adjacent to an activating group) is 1. The summed E-state index contributed by atoms with van der Waals surface area (Å²) in [5.74, 6) is -0.628. The second-order valence-corrected chi connectivity index (χ2v) is 9.84. The lowest BCUT2D eigenvalue weighted by molar-refractivity contribution is 0.0791. The van der Waals surface area contributed by atoms with Gasteiger partial charge in [0.2, 0.25) is 0 Å². The Bertz CT molecular complexity index is 1340. The highest BCUT2D eigenvalue weighted by Gasteiger charge is 2.26. The van der Waals surface area contributed by atoms with Crippen LogP contribution in [-0.4, -0.2) is 35.3 Å². The summed E-state index contributed by atoms with van der Waals surface area (Å²) in [6.07, 6.45) is 0.727. The number of rotatable bonds is 7. The number of aromatic nitrogens is 1. The highest BCUT2D eigenvalue weighted by Crippen LogP contribution is 2.33. The van der Waals surface area contributed by atoms with E-state index in [2.05, 4.69) is 4.98 Å². The number of benzene rings is 3.